The first-order valence-corrected chi connectivity index (χ1v) is 10.5. The van der Waals surface area contributed by atoms with Gasteiger partial charge in [0.25, 0.3) is 5.91 Å². The number of phenolic OH excluding ortho intramolecular Hbond substituents is 1. The second-order valence-electron chi connectivity index (χ2n) is 9.94. The molecule has 0 saturated carbocycles. The zero-order valence-electron chi connectivity index (χ0n) is 20.1. The molecule has 8 nitrogen and oxygen atoms in total. The molecule has 3 N–H and O–H groups in total. The van der Waals surface area contributed by atoms with Gasteiger partial charge in [-0.2, -0.15) is 0 Å². The summed E-state index contributed by atoms with van der Waals surface area (Å²) in [5, 5.41) is 15.3. The highest BCUT2D eigenvalue weighted by Gasteiger charge is 2.38. The van der Waals surface area contributed by atoms with Gasteiger partial charge in [-0.1, -0.05) is 32.4 Å². The fourth-order valence-corrected chi connectivity index (χ4v) is 2.91. The molecule has 2 atom stereocenters. The summed E-state index contributed by atoms with van der Waals surface area (Å²) >= 11 is 0. The van der Waals surface area contributed by atoms with E-state index >= 15 is 0 Å². The molecule has 8 heteroatoms. The molecule has 176 valence electrons. The Morgan fingerprint density at radius 2 is 1.72 bits per heavy atom. The molecular formula is C24H35N3O5. The maximum Gasteiger partial charge on any atom is 0.408 e. The highest BCUT2D eigenvalue weighted by atomic mass is 16.6. The van der Waals surface area contributed by atoms with Crippen LogP contribution in [0.5, 0.6) is 5.75 Å². The molecule has 32 heavy (non-hydrogen) atoms. The van der Waals surface area contributed by atoms with Crippen molar-refractivity contribution < 1.29 is 24.2 Å². The quantitative estimate of drug-likeness (QED) is 0.460. The molecule has 1 aromatic carbocycles. The number of rotatable bonds is 6. The minimum atomic E-state index is -1.22. The van der Waals surface area contributed by atoms with Gasteiger partial charge in [-0.05, 0) is 65.2 Å². The molecule has 0 bridgehead atoms. The van der Waals surface area contributed by atoms with E-state index in [2.05, 4.69) is 16.7 Å². The lowest BCUT2D eigenvalue weighted by molar-refractivity contribution is -0.140. The van der Waals surface area contributed by atoms with E-state index in [9.17, 15) is 19.5 Å². The average Bonchev–Trinajstić information content (AvgIpc) is 2.60. The molecule has 0 fully saturated rings. The third-order valence-electron chi connectivity index (χ3n) is 4.17. The number of phenols is 1. The SMILES string of the molecule is C#CN(C(=O)C(NC(=O)OC(C)(C)C)C(C)C)C(C(=O)NC(C)(C)C)c1cccc(O)c1. The van der Waals surface area contributed by atoms with Gasteiger partial charge in [0.05, 0.1) is 0 Å². The maximum atomic E-state index is 13.5. The van der Waals surface area contributed by atoms with Gasteiger partial charge in [0, 0.05) is 11.6 Å². The molecule has 1 aromatic rings. The van der Waals surface area contributed by atoms with Crippen molar-refractivity contribution in [2.75, 3.05) is 0 Å². The maximum absolute atomic E-state index is 13.5. The van der Waals surface area contributed by atoms with Gasteiger partial charge < -0.3 is 20.5 Å². The molecule has 2 unspecified atom stereocenters. The molecule has 0 spiro atoms. The predicted molar refractivity (Wildman–Crippen MR) is 122 cm³/mol. The number of nitrogens with one attached hydrogen (secondary N) is 2. The Kier molecular flexibility index (Phi) is 8.72. The van der Waals surface area contributed by atoms with Crippen molar-refractivity contribution in [1.82, 2.24) is 15.5 Å². The summed E-state index contributed by atoms with van der Waals surface area (Å²) in [6, 6.07) is 6.00. The summed E-state index contributed by atoms with van der Waals surface area (Å²) in [5.41, 5.74) is -1.02. The Balaban J connectivity index is 3.38. The van der Waals surface area contributed by atoms with Crippen LogP contribution in [0.15, 0.2) is 24.3 Å². The third kappa shape index (κ3) is 8.14. The van der Waals surface area contributed by atoms with Crippen molar-refractivity contribution in [3.8, 4) is 18.2 Å². The molecular weight excluding hydrogens is 410 g/mol. The van der Waals surface area contributed by atoms with E-state index in [4.69, 9.17) is 11.2 Å². The summed E-state index contributed by atoms with van der Waals surface area (Å²) in [7, 11) is 0. The zero-order valence-corrected chi connectivity index (χ0v) is 20.1. The van der Waals surface area contributed by atoms with E-state index in [1.165, 1.54) is 12.1 Å². The second kappa shape index (κ2) is 10.4. The van der Waals surface area contributed by atoms with E-state index in [0.29, 0.717) is 5.56 Å². The fourth-order valence-electron chi connectivity index (χ4n) is 2.91. The van der Waals surface area contributed by atoms with Gasteiger partial charge in [-0.3, -0.25) is 14.5 Å². The summed E-state index contributed by atoms with van der Waals surface area (Å²) in [4.78, 5) is 39.9. The van der Waals surface area contributed by atoms with Crippen LogP contribution in [-0.4, -0.2) is 45.1 Å². The second-order valence-corrected chi connectivity index (χ2v) is 9.94. The van der Waals surface area contributed by atoms with Gasteiger partial charge in [-0.15, -0.1) is 0 Å². The number of terminal acetylenes is 1. The lowest BCUT2D eigenvalue weighted by Crippen LogP contribution is -2.54. The van der Waals surface area contributed by atoms with Crippen LogP contribution in [0.25, 0.3) is 0 Å². The molecule has 0 heterocycles. The average molecular weight is 446 g/mol. The molecule has 0 aliphatic rings. The number of hydrogen-bond acceptors (Lipinski definition) is 5. The summed E-state index contributed by atoms with van der Waals surface area (Å²) in [6.45, 7) is 14.0. The molecule has 0 saturated heterocycles. The fraction of sp³-hybridized carbons (Fsp3) is 0.542. The molecule has 0 aliphatic heterocycles. The standard InChI is InChI=1S/C24H35N3O5/c1-10-27(21(30)18(15(2)3)25-22(31)32-24(7,8)9)19(20(29)26-23(4,5)6)16-12-11-13-17(28)14-16/h1,11-15,18-19,28H,2-9H3,(H,25,31)(H,26,29). The number of aromatic hydroxyl groups is 1. The summed E-state index contributed by atoms with van der Waals surface area (Å²) in [6.07, 6.45) is 4.92. The number of alkyl carbamates (subject to hydrolysis) is 1. The number of amides is 3. The van der Waals surface area contributed by atoms with Crippen molar-refractivity contribution in [3.63, 3.8) is 0 Å². The monoisotopic (exact) mass is 445 g/mol. The van der Waals surface area contributed by atoms with Crippen LogP contribution in [-0.2, 0) is 14.3 Å². The highest BCUT2D eigenvalue weighted by Crippen LogP contribution is 2.26. The summed E-state index contributed by atoms with van der Waals surface area (Å²) in [5.74, 6) is -1.59. The molecule has 0 radical (unpaired) electrons. The van der Waals surface area contributed by atoms with E-state index < -0.39 is 41.1 Å². The van der Waals surface area contributed by atoms with Gasteiger partial charge >= 0.3 is 6.09 Å². The van der Waals surface area contributed by atoms with Gasteiger partial charge in [0.1, 0.15) is 23.4 Å². The Bertz CT molecular complexity index is 875. The van der Waals surface area contributed by atoms with Crippen molar-refractivity contribution in [1.29, 1.82) is 0 Å². The Morgan fingerprint density at radius 1 is 1.12 bits per heavy atom. The number of benzene rings is 1. The van der Waals surface area contributed by atoms with Crippen LogP contribution < -0.4 is 10.6 Å². The number of carbonyl (C=O) groups is 3. The molecule has 1 rings (SSSR count). The Hall–Kier alpha value is -3.21. The normalized spacial score (nSPS) is 13.5. The van der Waals surface area contributed by atoms with Crippen molar-refractivity contribution in [3.05, 3.63) is 29.8 Å². The van der Waals surface area contributed by atoms with Gasteiger partial charge in [-0.25, -0.2) is 4.79 Å². The van der Waals surface area contributed by atoms with Crippen LogP contribution in [0.1, 0.15) is 67.0 Å². The first-order chi connectivity index (χ1) is 14.6. The molecule has 0 aliphatic carbocycles. The largest absolute Gasteiger partial charge is 0.508 e. The van der Waals surface area contributed by atoms with Crippen molar-refractivity contribution in [2.45, 2.75) is 78.6 Å². The Labute approximate surface area is 190 Å². The topological polar surface area (TPSA) is 108 Å². The van der Waals surface area contributed by atoms with Crippen LogP contribution in [0, 0.1) is 18.4 Å². The zero-order chi connectivity index (χ0) is 24.9. The van der Waals surface area contributed by atoms with E-state index in [1.54, 1.807) is 67.5 Å². The number of nitrogens with zero attached hydrogens (tertiary/aromatic N) is 1. The van der Waals surface area contributed by atoms with E-state index in [0.717, 1.165) is 4.90 Å². The van der Waals surface area contributed by atoms with Crippen molar-refractivity contribution >= 4 is 17.9 Å². The van der Waals surface area contributed by atoms with Gasteiger partial charge in [0.2, 0.25) is 5.91 Å². The van der Waals surface area contributed by atoms with Crippen LogP contribution >= 0.6 is 0 Å². The Morgan fingerprint density at radius 3 is 2.16 bits per heavy atom. The predicted octanol–water partition coefficient (Wildman–Crippen LogP) is 3.32. The summed E-state index contributed by atoms with van der Waals surface area (Å²) < 4.78 is 5.27. The van der Waals surface area contributed by atoms with Crippen molar-refractivity contribution in [2.24, 2.45) is 5.92 Å². The third-order valence-corrected chi connectivity index (χ3v) is 4.17. The first kappa shape index (κ1) is 26.8. The van der Waals surface area contributed by atoms with E-state index in [1.807, 2.05) is 0 Å². The van der Waals surface area contributed by atoms with Crippen LogP contribution in [0.2, 0.25) is 0 Å². The number of hydrogen-bond donors (Lipinski definition) is 3. The molecule has 0 aromatic heterocycles. The lowest BCUT2D eigenvalue weighted by atomic mass is 9.98. The van der Waals surface area contributed by atoms with E-state index in [-0.39, 0.29) is 11.7 Å². The number of carbonyl (C=O) groups excluding carboxylic acids is 3. The molecule has 3 amide bonds. The minimum absolute atomic E-state index is 0.0761. The number of ether oxygens (including phenoxy) is 1. The minimum Gasteiger partial charge on any atom is -0.508 e. The lowest BCUT2D eigenvalue weighted by Gasteiger charge is -2.33. The smallest absolute Gasteiger partial charge is 0.408 e. The van der Waals surface area contributed by atoms with Gasteiger partial charge in [0.15, 0.2) is 0 Å². The first-order valence-electron chi connectivity index (χ1n) is 10.5. The van der Waals surface area contributed by atoms with Crippen LogP contribution in [0.3, 0.4) is 0 Å². The highest BCUT2D eigenvalue weighted by molar-refractivity contribution is 5.93. The van der Waals surface area contributed by atoms with Crippen LogP contribution in [0.4, 0.5) is 4.79 Å².